The first-order chi connectivity index (χ1) is 29.7. The molecule has 282 valence electrons. The molecule has 0 N–H and O–H groups in total. The summed E-state index contributed by atoms with van der Waals surface area (Å²) in [6.07, 6.45) is 8.02. The molecule has 1 aliphatic carbocycles. The molecular formula is C58H40N2. The van der Waals surface area contributed by atoms with E-state index in [-0.39, 0.29) is 6.04 Å². The van der Waals surface area contributed by atoms with Crippen molar-refractivity contribution in [1.82, 2.24) is 9.13 Å². The third-order valence-corrected chi connectivity index (χ3v) is 12.6. The van der Waals surface area contributed by atoms with Gasteiger partial charge in [-0.25, -0.2) is 0 Å². The van der Waals surface area contributed by atoms with Gasteiger partial charge in [0.15, 0.2) is 0 Å². The maximum atomic E-state index is 2.54. The Hall–Kier alpha value is -7.68. The molecule has 2 nitrogen and oxygen atoms in total. The molecule has 11 aromatic rings. The van der Waals surface area contributed by atoms with E-state index in [1.54, 1.807) is 0 Å². The van der Waals surface area contributed by atoms with Crippen LogP contribution >= 0.6 is 0 Å². The molecule has 0 saturated carbocycles. The Kier molecular flexibility index (Phi) is 8.02. The van der Waals surface area contributed by atoms with Gasteiger partial charge in [-0.05, 0) is 111 Å². The number of para-hydroxylation sites is 3. The largest absolute Gasteiger partial charge is 0.333 e. The molecule has 0 amide bonds. The average Bonchev–Trinajstić information content (AvgIpc) is 3.84. The van der Waals surface area contributed by atoms with E-state index < -0.39 is 0 Å². The summed E-state index contributed by atoms with van der Waals surface area (Å²) < 4.78 is 4.99. The van der Waals surface area contributed by atoms with Gasteiger partial charge in [-0.1, -0.05) is 170 Å². The molecule has 0 aliphatic heterocycles. The summed E-state index contributed by atoms with van der Waals surface area (Å²) in [6, 6.07) is 75.9. The monoisotopic (exact) mass is 764 g/mol. The number of nitrogens with zero attached hydrogens (tertiary/aromatic N) is 2. The Morgan fingerprint density at radius 2 is 0.933 bits per heavy atom. The lowest BCUT2D eigenvalue weighted by Crippen LogP contribution is -2.07. The van der Waals surface area contributed by atoms with Gasteiger partial charge in [0, 0.05) is 38.1 Å². The minimum Gasteiger partial charge on any atom is -0.333 e. The molecule has 0 bridgehead atoms. The van der Waals surface area contributed by atoms with Crippen LogP contribution in [-0.4, -0.2) is 9.13 Å². The van der Waals surface area contributed by atoms with Gasteiger partial charge < -0.3 is 9.13 Å². The van der Waals surface area contributed by atoms with E-state index in [1.165, 1.54) is 105 Å². The van der Waals surface area contributed by atoms with Gasteiger partial charge in [0.2, 0.25) is 0 Å². The summed E-state index contributed by atoms with van der Waals surface area (Å²) in [7, 11) is 0. The van der Waals surface area contributed by atoms with Crippen LogP contribution in [0.5, 0.6) is 0 Å². The van der Waals surface area contributed by atoms with Crippen molar-refractivity contribution in [3.8, 4) is 39.1 Å². The number of benzene rings is 9. The Morgan fingerprint density at radius 3 is 1.75 bits per heavy atom. The molecule has 0 fully saturated rings. The van der Waals surface area contributed by atoms with Crippen molar-refractivity contribution in [2.45, 2.75) is 12.5 Å². The molecular weight excluding hydrogens is 725 g/mol. The van der Waals surface area contributed by atoms with E-state index in [0.717, 1.165) is 6.42 Å². The molecule has 1 unspecified atom stereocenters. The van der Waals surface area contributed by atoms with Crippen molar-refractivity contribution >= 4 is 60.0 Å². The number of hydrogen-bond acceptors (Lipinski definition) is 0. The van der Waals surface area contributed by atoms with E-state index in [9.17, 15) is 0 Å². The normalized spacial score (nSPS) is 14.1. The second kappa shape index (κ2) is 14.0. The third-order valence-electron chi connectivity index (χ3n) is 12.6. The van der Waals surface area contributed by atoms with Crippen LogP contribution in [0.1, 0.15) is 18.0 Å². The van der Waals surface area contributed by atoms with Gasteiger partial charge in [0.1, 0.15) is 0 Å². The van der Waals surface area contributed by atoms with E-state index in [2.05, 4.69) is 234 Å². The van der Waals surface area contributed by atoms with Crippen LogP contribution in [0.2, 0.25) is 0 Å². The summed E-state index contributed by atoms with van der Waals surface area (Å²) in [5, 5.41) is 7.59. The summed E-state index contributed by atoms with van der Waals surface area (Å²) in [6.45, 7) is 0. The number of aromatic nitrogens is 2. The lowest BCUT2D eigenvalue weighted by Gasteiger charge is -2.21. The molecule has 0 saturated heterocycles. The molecule has 1 atom stereocenters. The maximum absolute atomic E-state index is 2.54. The number of allylic oxidation sites excluding steroid dienone is 4. The van der Waals surface area contributed by atoms with Crippen LogP contribution in [0.4, 0.5) is 0 Å². The van der Waals surface area contributed by atoms with Crippen LogP contribution in [0.3, 0.4) is 0 Å². The van der Waals surface area contributed by atoms with Crippen LogP contribution in [-0.2, 0) is 0 Å². The predicted octanol–water partition coefficient (Wildman–Crippen LogP) is 15.6. The van der Waals surface area contributed by atoms with Crippen LogP contribution in [0.25, 0.3) is 99.0 Å². The zero-order chi connectivity index (χ0) is 39.6. The number of hydrogen-bond donors (Lipinski definition) is 0. The molecule has 12 rings (SSSR count). The lowest BCUT2D eigenvalue weighted by molar-refractivity contribution is 0.649. The zero-order valence-corrected chi connectivity index (χ0v) is 33.0. The van der Waals surface area contributed by atoms with Crippen LogP contribution in [0.15, 0.2) is 224 Å². The SMILES string of the molecule is C1=CC(n2c3ccccc3c3cc(-c4ccc5c(c4)c4ccccc4n5-c4ccccc4-c4cccc(-c5ccc6ccccc6c5)c4)ccc32)CC=C1c1ccccc1. The molecule has 2 aromatic heterocycles. The predicted molar refractivity (Wildman–Crippen MR) is 255 cm³/mol. The highest BCUT2D eigenvalue weighted by Crippen LogP contribution is 2.41. The zero-order valence-electron chi connectivity index (χ0n) is 33.0. The van der Waals surface area contributed by atoms with Gasteiger partial charge >= 0.3 is 0 Å². The van der Waals surface area contributed by atoms with Gasteiger partial charge in [-0.3, -0.25) is 0 Å². The Bertz CT molecular complexity index is 3520. The van der Waals surface area contributed by atoms with Crippen molar-refractivity contribution < 1.29 is 0 Å². The smallest absolute Gasteiger partial charge is 0.0560 e. The Labute approximate surface area is 349 Å². The van der Waals surface area contributed by atoms with Crippen molar-refractivity contribution in [1.29, 1.82) is 0 Å². The highest BCUT2D eigenvalue weighted by molar-refractivity contribution is 6.12. The quantitative estimate of drug-likeness (QED) is 0.160. The van der Waals surface area contributed by atoms with Crippen molar-refractivity contribution in [2.24, 2.45) is 0 Å². The minimum absolute atomic E-state index is 0.247. The molecule has 2 heteroatoms. The second-order valence-electron chi connectivity index (χ2n) is 16.1. The third kappa shape index (κ3) is 5.64. The van der Waals surface area contributed by atoms with E-state index in [4.69, 9.17) is 0 Å². The molecule has 0 radical (unpaired) electrons. The highest BCUT2D eigenvalue weighted by Gasteiger charge is 2.20. The molecule has 2 heterocycles. The Balaban J connectivity index is 0.948. The molecule has 60 heavy (non-hydrogen) atoms. The molecule has 0 spiro atoms. The minimum atomic E-state index is 0.247. The van der Waals surface area contributed by atoms with Gasteiger partial charge in [-0.15, -0.1) is 0 Å². The van der Waals surface area contributed by atoms with Crippen LogP contribution in [0, 0.1) is 0 Å². The fraction of sp³-hybridized carbons (Fsp3) is 0.0345. The average molecular weight is 765 g/mol. The molecule has 9 aromatic carbocycles. The van der Waals surface area contributed by atoms with Crippen molar-refractivity contribution in [2.75, 3.05) is 0 Å². The van der Waals surface area contributed by atoms with Gasteiger partial charge in [0.05, 0.1) is 22.8 Å². The highest BCUT2D eigenvalue weighted by atomic mass is 15.0. The topological polar surface area (TPSA) is 9.86 Å². The first-order valence-electron chi connectivity index (χ1n) is 20.9. The number of fused-ring (bicyclic) bond motifs is 7. The van der Waals surface area contributed by atoms with E-state index >= 15 is 0 Å². The van der Waals surface area contributed by atoms with Crippen molar-refractivity contribution in [3.05, 3.63) is 230 Å². The summed E-state index contributed by atoms with van der Waals surface area (Å²) in [4.78, 5) is 0. The van der Waals surface area contributed by atoms with E-state index in [1.807, 2.05) is 0 Å². The first kappa shape index (κ1) is 34.4. The van der Waals surface area contributed by atoms with E-state index in [0.29, 0.717) is 0 Å². The molecule has 1 aliphatic rings. The van der Waals surface area contributed by atoms with Crippen LogP contribution < -0.4 is 0 Å². The second-order valence-corrected chi connectivity index (χ2v) is 16.1. The first-order valence-corrected chi connectivity index (χ1v) is 20.9. The summed E-state index contributed by atoms with van der Waals surface area (Å²) in [5.74, 6) is 0. The standard InChI is InChI=1S/C58H40N2/c1-2-13-39(14-3-1)41-27-31-48(32-28-41)59-55-23-10-7-20-50(55)52-37-45(29-33-57(52)59)46-30-34-58-53(38-46)51-21-8-11-24-56(51)60(58)54-22-9-6-19-49(54)47-18-12-17-43(36-47)44-26-25-40-15-4-5-16-42(40)35-44/h1-31,33-38,48H,32H2. The fourth-order valence-corrected chi connectivity index (χ4v) is 9.75. The summed E-state index contributed by atoms with van der Waals surface area (Å²) >= 11 is 0. The Morgan fingerprint density at radius 1 is 0.367 bits per heavy atom. The number of rotatable bonds is 6. The summed E-state index contributed by atoms with van der Waals surface area (Å²) in [5.41, 5.74) is 15.9. The fourth-order valence-electron chi connectivity index (χ4n) is 9.75. The maximum Gasteiger partial charge on any atom is 0.0560 e. The van der Waals surface area contributed by atoms with Gasteiger partial charge in [0.25, 0.3) is 0 Å². The van der Waals surface area contributed by atoms with Crippen molar-refractivity contribution in [3.63, 3.8) is 0 Å². The lowest BCUT2D eigenvalue weighted by atomic mass is 9.96. The van der Waals surface area contributed by atoms with Gasteiger partial charge in [-0.2, -0.15) is 0 Å².